The van der Waals surface area contributed by atoms with Crippen LogP contribution in [0.2, 0.25) is 0 Å². The van der Waals surface area contributed by atoms with E-state index >= 15 is 0 Å². The number of ether oxygens (including phenoxy) is 2. The molecular formula is C21H17N3O2S. The fourth-order valence-corrected chi connectivity index (χ4v) is 4.17. The summed E-state index contributed by atoms with van der Waals surface area (Å²) < 4.78 is 12.1. The van der Waals surface area contributed by atoms with E-state index in [9.17, 15) is 0 Å². The van der Waals surface area contributed by atoms with Gasteiger partial charge in [-0.15, -0.1) is 11.3 Å². The summed E-state index contributed by atoms with van der Waals surface area (Å²) in [5.74, 6) is 2.37. The highest BCUT2D eigenvalue weighted by Gasteiger charge is 2.26. The summed E-state index contributed by atoms with van der Waals surface area (Å²) in [6.45, 7) is 1.17. The molecule has 4 aromatic rings. The van der Waals surface area contributed by atoms with Crippen LogP contribution in [-0.2, 0) is 6.54 Å². The average Bonchev–Trinajstić information content (AvgIpc) is 3.17. The van der Waals surface area contributed by atoms with Crippen LogP contribution in [0.5, 0.6) is 11.5 Å². The van der Waals surface area contributed by atoms with E-state index < -0.39 is 0 Å². The minimum absolute atomic E-state index is 0.183. The van der Waals surface area contributed by atoms with E-state index in [0.717, 1.165) is 33.1 Å². The number of hydrogen-bond donors (Lipinski definition) is 1. The lowest BCUT2D eigenvalue weighted by molar-refractivity contribution is 0.0925. The van der Waals surface area contributed by atoms with Gasteiger partial charge in [-0.05, 0) is 17.7 Å². The maximum Gasteiger partial charge on any atom is 0.162 e. The van der Waals surface area contributed by atoms with Gasteiger partial charge in [0.25, 0.3) is 0 Å². The van der Waals surface area contributed by atoms with Crippen LogP contribution in [0.15, 0.2) is 66.3 Å². The minimum Gasteiger partial charge on any atom is -0.485 e. The maximum absolute atomic E-state index is 6.20. The summed E-state index contributed by atoms with van der Waals surface area (Å²) in [7, 11) is 0. The summed E-state index contributed by atoms with van der Waals surface area (Å²) >= 11 is 1.60. The maximum atomic E-state index is 6.20. The van der Waals surface area contributed by atoms with Gasteiger partial charge in [-0.1, -0.05) is 42.5 Å². The van der Waals surface area contributed by atoms with Crippen molar-refractivity contribution in [2.75, 3.05) is 11.9 Å². The van der Waals surface area contributed by atoms with Gasteiger partial charge in [0.15, 0.2) is 17.6 Å². The van der Waals surface area contributed by atoms with E-state index in [0.29, 0.717) is 13.2 Å². The van der Waals surface area contributed by atoms with Crippen LogP contribution in [0.25, 0.3) is 10.2 Å². The molecule has 1 aliphatic heterocycles. The zero-order chi connectivity index (χ0) is 18.1. The molecule has 3 heterocycles. The molecule has 1 N–H and O–H groups in total. The first-order valence-electron chi connectivity index (χ1n) is 8.77. The van der Waals surface area contributed by atoms with Gasteiger partial charge in [0, 0.05) is 17.5 Å². The van der Waals surface area contributed by atoms with Crippen molar-refractivity contribution in [3.05, 3.63) is 77.4 Å². The number of rotatable bonds is 4. The van der Waals surface area contributed by atoms with Crippen LogP contribution in [-0.4, -0.2) is 16.6 Å². The van der Waals surface area contributed by atoms with Crippen LogP contribution in [0.3, 0.4) is 0 Å². The number of thiophene rings is 1. The van der Waals surface area contributed by atoms with Crippen molar-refractivity contribution in [2.45, 2.75) is 12.6 Å². The lowest BCUT2D eigenvalue weighted by Gasteiger charge is -2.26. The Morgan fingerprint density at radius 2 is 1.81 bits per heavy atom. The number of anilines is 1. The lowest BCUT2D eigenvalue weighted by Crippen LogP contribution is -2.21. The molecule has 0 spiro atoms. The molecule has 0 fully saturated rings. The Bertz CT molecular complexity index is 1080. The molecule has 0 saturated heterocycles. The Morgan fingerprint density at radius 1 is 1.00 bits per heavy atom. The zero-order valence-corrected chi connectivity index (χ0v) is 15.3. The first-order valence-corrected chi connectivity index (χ1v) is 9.65. The first-order chi connectivity index (χ1) is 13.4. The lowest BCUT2D eigenvalue weighted by atomic mass is 10.1. The predicted molar refractivity (Wildman–Crippen MR) is 106 cm³/mol. The average molecular weight is 375 g/mol. The van der Waals surface area contributed by atoms with Crippen molar-refractivity contribution < 1.29 is 9.47 Å². The van der Waals surface area contributed by atoms with E-state index in [4.69, 9.17) is 9.47 Å². The van der Waals surface area contributed by atoms with Crippen LogP contribution >= 0.6 is 11.3 Å². The van der Waals surface area contributed by atoms with Gasteiger partial charge in [0.1, 0.15) is 23.6 Å². The molecule has 0 radical (unpaired) electrons. The van der Waals surface area contributed by atoms with Crippen LogP contribution in [0.1, 0.15) is 17.2 Å². The van der Waals surface area contributed by atoms with Crippen molar-refractivity contribution in [1.29, 1.82) is 0 Å². The number of para-hydroxylation sites is 2. The molecule has 2 aromatic heterocycles. The Hall–Kier alpha value is -3.12. The second-order valence-corrected chi connectivity index (χ2v) is 7.15. The summed E-state index contributed by atoms with van der Waals surface area (Å²) in [6.07, 6.45) is 1.42. The number of nitrogens with one attached hydrogen (secondary N) is 1. The van der Waals surface area contributed by atoms with Crippen LogP contribution in [0, 0.1) is 0 Å². The molecular weight excluding hydrogens is 358 g/mol. The molecule has 1 atom stereocenters. The molecule has 5 rings (SSSR count). The van der Waals surface area contributed by atoms with Gasteiger partial charge in [0.2, 0.25) is 0 Å². The number of fused-ring (bicyclic) bond motifs is 2. The van der Waals surface area contributed by atoms with Crippen LogP contribution < -0.4 is 14.8 Å². The van der Waals surface area contributed by atoms with Gasteiger partial charge >= 0.3 is 0 Å². The molecule has 0 saturated carbocycles. The Labute approximate surface area is 160 Å². The molecule has 2 aromatic carbocycles. The Morgan fingerprint density at radius 3 is 2.70 bits per heavy atom. The molecule has 1 unspecified atom stereocenters. The van der Waals surface area contributed by atoms with Crippen molar-refractivity contribution >= 4 is 27.4 Å². The smallest absolute Gasteiger partial charge is 0.162 e. The Balaban J connectivity index is 1.47. The molecule has 134 valence electrons. The monoisotopic (exact) mass is 375 g/mol. The van der Waals surface area contributed by atoms with E-state index in [2.05, 4.69) is 32.8 Å². The SMILES string of the molecule is c1ccc(CNc2ncnc3scc(C4COc5ccccc5O4)c23)cc1. The minimum atomic E-state index is -0.183. The van der Waals surface area contributed by atoms with Crippen molar-refractivity contribution in [3.63, 3.8) is 0 Å². The third kappa shape index (κ3) is 3.08. The number of nitrogens with zero attached hydrogens (tertiary/aromatic N) is 2. The number of benzene rings is 2. The van der Waals surface area contributed by atoms with E-state index in [1.165, 1.54) is 5.56 Å². The highest BCUT2D eigenvalue weighted by atomic mass is 32.1. The standard InChI is InChI=1S/C21H17N3O2S/c1-2-6-14(7-3-1)10-22-20-19-15(12-27-21(19)24-13-23-20)18-11-25-16-8-4-5-9-17(16)26-18/h1-9,12-13,18H,10-11H2,(H,22,23,24). The van der Waals surface area contributed by atoms with Crippen molar-refractivity contribution in [2.24, 2.45) is 0 Å². The van der Waals surface area contributed by atoms with E-state index in [-0.39, 0.29) is 6.10 Å². The second kappa shape index (κ2) is 6.89. The largest absolute Gasteiger partial charge is 0.485 e. The van der Waals surface area contributed by atoms with Crippen LogP contribution in [0.4, 0.5) is 5.82 Å². The van der Waals surface area contributed by atoms with Gasteiger partial charge in [-0.2, -0.15) is 0 Å². The van der Waals surface area contributed by atoms with Gasteiger partial charge in [-0.25, -0.2) is 9.97 Å². The predicted octanol–water partition coefficient (Wildman–Crippen LogP) is 4.82. The molecule has 0 aliphatic carbocycles. The van der Waals surface area contributed by atoms with Gasteiger partial charge in [-0.3, -0.25) is 0 Å². The van der Waals surface area contributed by atoms with Crippen molar-refractivity contribution in [3.8, 4) is 11.5 Å². The molecule has 5 nitrogen and oxygen atoms in total. The summed E-state index contributed by atoms with van der Waals surface area (Å²) in [4.78, 5) is 9.85. The van der Waals surface area contributed by atoms with Gasteiger partial charge in [0.05, 0.1) is 5.39 Å². The molecule has 6 heteroatoms. The molecule has 27 heavy (non-hydrogen) atoms. The second-order valence-electron chi connectivity index (χ2n) is 6.30. The van der Waals surface area contributed by atoms with Crippen molar-refractivity contribution in [1.82, 2.24) is 9.97 Å². The normalized spacial score (nSPS) is 15.6. The van der Waals surface area contributed by atoms with E-state index in [1.54, 1.807) is 17.7 Å². The molecule has 0 bridgehead atoms. The summed E-state index contributed by atoms with van der Waals surface area (Å²) in [5.41, 5.74) is 2.26. The summed E-state index contributed by atoms with van der Waals surface area (Å²) in [5, 5.41) is 6.55. The number of hydrogen-bond acceptors (Lipinski definition) is 6. The third-order valence-corrected chi connectivity index (χ3v) is 5.46. The fourth-order valence-electron chi connectivity index (χ4n) is 3.22. The molecule has 1 aliphatic rings. The topological polar surface area (TPSA) is 56.3 Å². The Kier molecular flexibility index (Phi) is 4.10. The third-order valence-electron chi connectivity index (χ3n) is 4.56. The highest BCUT2D eigenvalue weighted by molar-refractivity contribution is 7.17. The number of aromatic nitrogens is 2. The molecule has 0 amide bonds. The first kappa shape index (κ1) is 16.1. The van der Waals surface area contributed by atoms with E-state index in [1.807, 2.05) is 42.5 Å². The summed E-state index contributed by atoms with van der Waals surface area (Å²) in [6, 6.07) is 18.0. The quantitative estimate of drug-likeness (QED) is 0.554. The highest BCUT2D eigenvalue weighted by Crippen LogP contribution is 2.40. The zero-order valence-electron chi connectivity index (χ0n) is 14.5. The fraction of sp³-hybridized carbons (Fsp3) is 0.143. The van der Waals surface area contributed by atoms with Gasteiger partial charge < -0.3 is 14.8 Å².